The maximum Gasteiger partial charge on any atom is 0.339 e. The first-order valence-electron chi connectivity index (χ1n) is 6.79. The van der Waals surface area contributed by atoms with Gasteiger partial charge >= 0.3 is 5.97 Å². The topological polar surface area (TPSA) is 73.9 Å². The van der Waals surface area contributed by atoms with Crippen LogP contribution in [0.15, 0.2) is 28.7 Å². The normalized spacial score (nSPS) is 19.8. The monoisotopic (exact) mass is 275 g/mol. The van der Waals surface area contributed by atoms with Crippen molar-refractivity contribution in [2.45, 2.75) is 25.4 Å². The Morgan fingerprint density at radius 3 is 2.95 bits per heavy atom. The number of benzene rings is 1. The number of carboxylic acid groups (broad SMARTS) is 1. The number of aliphatic hydroxyl groups excluding tert-OH is 1. The molecule has 106 valence electrons. The van der Waals surface area contributed by atoms with Gasteiger partial charge in [0.05, 0.1) is 13.2 Å². The van der Waals surface area contributed by atoms with Crippen LogP contribution in [0.3, 0.4) is 0 Å². The predicted octanol–water partition coefficient (Wildman–Crippen LogP) is 2.09. The Hall–Kier alpha value is -1.85. The minimum atomic E-state index is -0.968. The molecular weight excluding hydrogens is 258 g/mol. The molecule has 5 nitrogen and oxygen atoms in total. The fourth-order valence-electron chi connectivity index (χ4n) is 2.94. The Morgan fingerprint density at radius 2 is 2.20 bits per heavy atom. The Labute approximate surface area is 116 Å². The van der Waals surface area contributed by atoms with Gasteiger partial charge in [0.25, 0.3) is 0 Å². The lowest BCUT2D eigenvalue weighted by Gasteiger charge is -2.21. The Morgan fingerprint density at radius 1 is 1.40 bits per heavy atom. The predicted molar refractivity (Wildman–Crippen MR) is 73.7 cm³/mol. The molecule has 1 aromatic carbocycles. The summed E-state index contributed by atoms with van der Waals surface area (Å²) in [5.74, 6) is -0.497. The summed E-state index contributed by atoms with van der Waals surface area (Å²) < 4.78 is 5.71. The Balaban J connectivity index is 1.98. The maximum atomic E-state index is 11.5. The molecule has 1 saturated heterocycles. The van der Waals surface area contributed by atoms with Crippen molar-refractivity contribution in [1.82, 2.24) is 4.90 Å². The summed E-state index contributed by atoms with van der Waals surface area (Å²) >= 11 is 0. The van der Waals surface area contributed by atoms with E-state index in [1.54, 1.807) is 18.2 Å². The van der Waals surface area contributed by atoms with Gasteiger partial charge in [0.2, 0.25) is 0 Å². The number of hydrogen-bond donors (Lipinski definition) is 2. The van der Waals surface area contributed by atoms with E-state index >= 15 is 0 Å². The van der Waals surface area contributed by atoms with E-state index in [0.29, 0.717) is 23.3 Å². The summed E-state index contributed by atoms with van der Waals surface area (Å²) in [6.07, 6.45) is 1.97. The van der Waals surface area contributed by atoms with Crippen LogP contribution in [0.5, 0.6) is 0 Å². The average Bonchev–Trinajstić information content (AvgIpc) is 3.02. The third-order valence-corrected chi connectivity index (χ3v) is 3.94. The minimum Gasteiger partial charge on any atom is -0.478 e. The average molecular weight is 275 g/mol. The first-order chi connectivity index (χ1) is 9.70. The maximum absolute atomic E-state index is 11.5. The minimum absolute atomic E-state index is 0.0998. The van der Waals surface area contributed by atoms with Crippen LogP contribution in [0.1, 0.15) is 29.0 Å². The van der Waals surface area contributed by atoms with Crippen molar-refractivity contribution in [3.8, 4) is 0 Å². The molecule has 0 aliphatic carbocycles. The Bertz CT molecular complexity index is 634. The van der Waals surface area contributed by atoms with E-state index in [0.717, 1.165) is 19.4 Å². The molecule has 2 N–H and O–H groups in total. The van der Waals surface area contributed by atoms with Gasteiger partial charge in [-0.2, -0.15) is 0 Å². The van der Waals surface area contributed by atoms with Crippen LogP contribution in [0, 0.1) is 0 Å². The molecule has 0 spiro atoms. The smallest absolute Gasteiger partial charge is 0.339 e. The third-order valence-electron chi connectivity index (χ3n) is 3.94. The number of likely N-dealkylation sites (tertiary alicyclic amines) is 1. The highest BCUT2D eigenvalue weighted by Gasteiger charge is 2.28. The summed E-state index contributed by atoms with van der Waals surface area (Å²) in [5, 5.41) is 19.4. The molecule has 1 aliphatic heterocycles. The van der Waals surface area contributed by atoms with Crippen LogP contribution in [0.25, 0.3) is 11.0 Å². The molecule has 20 heavy (non-hydrogen) atoms. The van der Waals surface area contributed by atoms with E-state index in [1.807, 2.05) is 6.07 Å². The van der Waals surface area contributed by atoms with Crippen molar-refractivity contribution in [2.24, 2.45) is 0 Å². The molecule has 2 aromatic rings. The molecule has 2 heterocycles. The molecule has 3 rings (SSSR count). The van der Waals surface area contributed by atoms with E-state index in [9.17, 15) is 15.0 Å². The van der Waals surface area contributed by atoms with Gasteiger partial charge in [0, 0.05) is 11.4 Å². The molecule has 5 heteroatoms. The van der Waals surface area contributed by atoms with Gasteiger partial charge in [0.15, 0.2) is 0 Å². The first-order valence-corrected chi connectivity index (χ1v) is 6.79. The number of carboxylic acids is 1. The van der Waals surface area contributed by atoms with Gasteiger partial charge in [-0.05, 0) is 25.5 Å². The van der Waals surface area contributed by atoms with E-state index in [1.165, 1.54) is 0 Å². The number of aromatic carboxylic acids is 1. The van der Waals surface area contributed by atoms with Crippen LogP contribution in [-0.2, 0) is 6.54 Å². The molecule has 1 fully saturated rings. The lowest BCUT2D eigenvalue weighted by molar-refractivity contribution is 0.0693. The zero-order valence-corrected chi connectivity index (χ0v) is 11.1. The van der Waals surface area contributed by atoms with Crippen molar-refractivity contribution in [1.29, 1.82) is 0 Å². The largest absolute Gasteiger partial charge is 0.478 e. The zero-order valence-electron chi connectivity index (χ0n) is 11.1. The Kier molecular flexibility index (Phi) is 3.46. The second kappa shape index (κ2) is 5.26. The van der Waals surface area contributed by atoms with Crippen molar-refractivity contribution in [3.05, 3.63) is 35.6 Å². The lowest BCUT2D eigenvalue weighted by Crippen LogP contribution is -2.31. The van der Waals surface area contributed by atoms with Crippen molar-refractivity contribution in [2.75, 3.05) is 13.2 Å². The number of nitrogens with zero attached hydrogens (tertiary/aromatic N) is 1. The molecular formula is C15H17NO4. The number of rotatable bonds is 4. The number of fused-ring (bicyclic) bond motifs is 1. The van der Waals surface area contributed by atoms with Gasteiger partial charge in [-0.15, -0.1) is 0 Å². The molecule has 1 aromatic heterocycles. The van der Waals surface area contributed by atoms with Gasteiger partial charge in [-0.1, -0.05) is 18.2 Å². The molecule has 0 bridgehead atoms. The van der Waals surface area contributed by atoms with Gasteiger partial charge < -0.3 is 14.6 Å². The van der Waals surface area contributed by atoms with Crippen LogP contribution >= 0.6 is 0 Å². The quantitative estimate of drug-likeness (QED) is 0.893. The molecule has 1 aliphatic rings. The van der Waals surface area contributed by atoms with Crippen LogP contribution in [0.2, 0.25) is 0 Å². The standard InChI is InChI=1S/C15H17NO4/c17-9-10-4-3-7-16(10)8-13-14(15(18)19)11-5-1-2-6-12(11)20-13/h1-2,5-6,10,17H,3-4,7-9H2,(H,18,19). The van der Waals surface area contributed by atoms with Gasteiger partial charge in [-0.3, -0.25) is 4.90 Å². The van der Waals surface area contributed by atoms with Crippen LogP contribution < -0.4 is 0 Å². The van der Waals surface area contributed by atoms with E-state index in [4.69, 9.17) is 4.42 Å². The SMILES string of the molecule is O=C(O)c1c(CN2CCCC2CO)oc2ccccc12. The molecule has 1 unspecified atom stereocenters. The van der Waals surface area contributed by atoms with E-state index in [2.05, 4.69) is 4.90 Å². The number of para-hydroxylation sites is 1. The van der Waals surface area contributed by atoms with Crippen molar-refractivity contribution in [3.63, 3.8) is 0 Å². The van der Waals surface area contributed by atoms with Gasteiger partial charge in [-0.25, -0.2) is 4.79 Å². The highest BCUT2D eigenvalue weighted by atomic mass is 16.4. The number of carbonyl (C=O) groups is 1. The van der Waals surface area contributed by atoms with Gasteiger partial charge in [0.1, 0.15) is 16.9 Å². The summed E-state index contributed by atoms with van der Waals surface area (Å²) in [4.78, 5) is 13.6. The highest BCUT2D eigenvalue weighted by Crippen LogP contribution is 2.29. The summed E-state index contributed by atoms with van der Waals surface area (Å²) in [5.41, 5.74) is 0.837. The number of furan rings is 1. The van der Waals surface area contributed by atoms with Crippen molar-refractivity contribution < 1.29 is 19.4 Å². The first kappa shape index (κ1) is 13.1. The fraction of sp³-hybridized carbons (Fsp3) is 0.400. The fourth-order valence-corrected chi connectivity index (χ4v) is 2.94. The molecule has 0 saturated carbocycles. The van der Waals surface area contributed by atoms with Crippen molar-refractivity contribution >= 4 is 16.9 Å². The molecule has 0 radical (unpaired) electrons. The van der Waals surface area contributed by atoms with Crippen LogP contribution in [0.4, 0.5) is 0 Å². The molecule has 1 atom stereocenters. The highest BCUT2D eigenvalue weighted by molar-refractivity contribution is 6.03. The third kappa shape index (κ3) is 2.19. The van der Waals surface area contributed by atoms with E-state index < -0.39 is 5.97 Å². The summed E-state index contributed by atoms with van der Waals surface area (Å²) in [6.45, 7) is 1.39. The van der Waals surface area contributed by atoms with Crippen LogP contribution in [-0.4, -0.2) is 40.3 Å². The summed E-state index contributed by atoms with van der Waals surface area (Å²) in [7, 11) is 0. The number of aliphatic hydroxyl groups is 1. The second-order valence-corrected chi connectivity index (χ2v) is 5.15. The van der Waals surface area contributed by atoms with E-state index in [-0.39, 0.29) is 18.2 Å². The summed E-state index contributed by atoms with van der Waals surface area (Å²) in [6, 6.07) is 7.27. The molecule has 0 amide bonds. The zero-order chi connectivity index (χ0) is 14.1. The second-order valence-electron chi connectivity index (χ2n) is 5.15. The lowest BCUT2D eigenvalue weighted by atomic mass is 10.1. The number of hydrogen-bond acceptors (Lipinski definition) is 4.